The molecule has 0 aromatic rings. The SMILES string of the molecule is C#CCO/C(C)=C/C#CC(OC(C)=O)C(C)(C)C. The van der Waals surface area contributed by atoms with Crippen molar-refractivity contribution >= 4 is 5.97 Å². The van der Waals surface area contributed by atoms with E-state index >= 15 is 0 Å². The molecule has 0 saturated heterocycles. The van der Waals surface area contributed by atoms with Crippen LogP contribution in [-0.4, -0.2) is 18.7 Å². The minimum absolute atomic E-state index is 0.219. The first-order valence-corrected chi connectivity index (χ1v) is 5.68. The third-order valence-corrected chi connectivity index (χ3v) is 1.94. The average Bonchev–Trinajstić information content (AvgIpc) is 2.23. The van der Waals surface area contributed by atoms with Gasteiger partial charge in [0.2, 0.25) is 0 Å². The van der Waals surface area contributed by atoms with Crippen LogP contribution in [0.5, 0.6) is 0 Å². The van der Waals surface area contributed by atoms with Gasteiger partial charge in [-0.15, -0.1) is 6.42 Å². The lowest BCUT2D eigenvalue weighted by Crippen LogP contribution is -2.29. The van der Waals surface area contributed by atoms with Gasteiger partial charge < -0.3 is 9.47 Å². The van der Waals surface area contributed by atoms with Crippen molar-refractivity contribution in [2.24, 2.45) is 5.41 Å². The van der Waals surface area contributed by atoms with E-state index in [4.69, 9.17) is 15.9 Å². The fourth-order valence-corrected chi connectivity index (χ4v) is 1.00. The Labute approximate surface area is 110 Å². The molecule has 0 aliphatic rings. The highest BCUT2D eigenvalue weighted by atomic mass is 16.5. The normalized spacial score (nSPS) is 12.8. The van der Waals surface area contributed by atoms with Crippen LogP contribution in [0.15, 0.2) is 11.8 Å². The highest BCUT2D eigenvalue weighted by Gasteiger charge is 2.25. The molecule has 0 aromatic heterocycles. The van der Waals surface area contributed by atoms with Crippen LogP contribution in [0.25, 0.3) is 0 Å². The van der Waals surface area contributed by atoms with Crippen molar-refractivity contribution in [2.45, 2.75) is 40.7 Å². The number of allylic oxidation sites excluding steroid dienone is 2. The Morgan fingerprint density at radius 2 is 2.00 bits per heavy atom. The molecule has 0 fully saturated rings. The molecular formula is C15H20O3. The first kappa shape index (κ1) is 16.1. The number of esters is 1. The molecule has 18 heavy (non-hydrogen) atoms. The summed E-state index contributed by atoms with van der Waals surface area (Å²) in [5.41, 5.74) is -0.236. The Morgan fingerprint density at radius 3 is 2.44 bits per heavy atom. The Morgan fingerprint density at radius 1 is 1.39 bits per heavy atom. The quantitative estimate of drug-likeness (QED) is 0.437. The van der Waals surface area contributed by atoms with Gasteiger partial charge >= 0.3 is 5.97 Å². The van der Waals surface area contributed by atoms with Crippen molar-refractivity contribution in [3.8, 4) is 24.2 Å². The molecule has 1 atom stereocenters. The zero-order chi connectivity index (χ0) is 14.2. The smallest absolute Gasteiger partial charge is 0.303 e. The van der Waals surface area contributed by atoms with E-state index in [2.05, 4.69) is 17.8 Å². The summed E-state index contributed by atoms with van der Waals surface area (Å²) in [5.74, 6) is 8.38. The zero-order valence-corrected chi connectivity index (χ0v) is 11.7. The molecule has 0 spiro atoms. The summed E-state index contributed by atoms with van der Waals surface area (Å²) in [6, 6.07) is 0. The first-order chi connectivity index (χ1) is 8.27. The minimum Gasteiger partial charge on any atom is -0.485 e. The van der Waals surface area contributed by atoms with Crippen molar-refractivity contribution in [2.75, 3.05) is 6.61 Å². The lowest BCUT2D eigenvalue weighted by molar-refractivity contribution is -0.147. The fraction of sp³-hybridized carbons (Fsp3) is 0.533. The van der Waals surface area contributed by atoms with E-state index < -0.39 is 6.10 Å². The molecule has 0 aliphatic carbocycles. The van der Waals surface area contributed by atoms with Gasteiger partial charge in [-0.1, -0.05) is 38.5 Å². The second-order valence-corrected chi connectivity index (χ2v) is 4.89. The highest BCUT2D eigenvalue weighted by Crippen LogP contribution is 2.21. The van der Waals surface area contributed by atoms with Crippen LogP contribution in [0, 0.1) is 29.6 Å². The second-order valence-electron chi connectivity index (χ2n) is 4.89. The van der Waals surface area contributed by atoms with E-state index in [0.29, 0.717) is 5.76 Å². The van der Waals surface area contributed by atoms with Gasteiger partial charge in [0, 0.05) is 18.4 Å². The van der Waals surface area contributed by atoms with E-state index in [9.17, 15) is 4.79 Å². The summed E-state index contributed by atoms with van der Waals surface area (Å²) in [7, 11) is 0. The first-order valence-electron chi connectivity index (χ1n) is 5.68. The van der Waals surface area contributed by atoms with E-state index in [1.165, 1.54) is 6.92 Å². The third kappa shape index (κ3) is 7.41. The molecular weight excluding hydrogens is 228 g/mol. The van der Waals surface area contributed by atoms with E-state index in [1.54, 1.807) is 13.0 Å². The van der Waals surface area contributed by atoms with Crippen LogP contribution in [0.3, 0.4) is 0 Å². The molecule has 3 heteroatoms. The molecule has 0 aromatic carbocycles. The molecule has 0 heterocycles. The monoisotopic (exact) mass is 248 g/mol. The average molecular weight is 248 g/mol. The van der Waals surface area contributed by atoms with Crippen LogP contribution in [0.4, 0.5) is 0 Å². The molecule has 0 rings (SSSR count). The number of ether oxygens (including phenoxy) is 2. The maximum atomic E-state index is 11.0. The summed E-state index contributed by atoms with van der Waals surface area (Å²) < 4.78 is 10.3. The summed E-state index contributed by atoms with van der Waals surface area (Å²) >= 11 is 0. The molecule has 3 nitrogen and oxygen atoms in total. The van der Waals surface area contributed by atoms with Gasteiger partial charge in [-0.05, 0) is 6.92 Å². The van der Waals surface area contributed by atoms with Crippen LogP contribution in [-0.2, 0) is 14.3 Å². The summed E-state index contributed by atoms with van der Waals surface area (Å²) in [6.45, 7) is 9.24. The fourth-order valence-electron chi connectivity index (χ4n) is 1.00. The molecule has 98 valence electrons. The van der Waals surface area contributed by atoms with Gasteiger partial charge in [0.1, 0.15) is 12.4 Å². The van der Waals surface area contributed by atoms with Crippen molar-refractivity contribution in [3.05, 3.63) is 11.8 Å². The number of terminal acetylenes is 1. The Hall–Kier alpha value is -1.87. The van der Waals surface area contributed by atoms with Gasteiger partial charge in [0.05, 0.1) is 0 Å². The molecule has 1 unspecified atom stereocenters. The van der Waals surface area contributed by atoms with Gasteiger partial charge in [0.15, 0.2) is 6.10 Å². The largest absolute Gasteiger partial charge is 0.485 e. The number of carbonyl (C=O) groups excluding carboxylic acids is 1. The summed E-state index contributed by atoms with van der Waals surface area (Å²) in [6.07, 6.45) is 6.23. The molecule has 0 bridgehead atoms. The maximum absolute atomic E-state index is 11.0. The van der Waals surface area contributed by atoms with Crippen LogP contribution in [0.1, 0.15) is 34.6 Å². The van der Waals surface area contributed by atoms with Gasteiger partial charge in [-0.2, -0.15) is 0 Å². The Balaban J connectivity index is 4.70. The number of hydrogen-bond acceptors (Lipinski definition) is 3. The molecule has 0 radical (unpaired) electrons. The van der Waals surface area contributed by atoms with E-state index in [-0.39, 0.29) is 18.0 Å². The topological polar surface area (TPSA) is 35.5 Å². The second kappa shape index (κ2) is 7.45. The van der Waals surface area contributed by atoms with Crippen LogP contribution < -0.4 is 0 Å². The Kier molecular flexibility index (Phi) is 6.68. The zero-order valence-electron chi connectivity index (χ0n) is 11.7. The standard InChI is InChI=1S/C15H20O3/c1-7-11-17-12(2)9-8-10-14(15(4,5)6)18-13(3)16/h1,9,14H,11H2,2-6H3/b12-9+. The highest BCUT2D eigenvalue weighted by molar-refractivity contribution is 5.66. The van der Waals surface area contributed by atoms with Crippen molar-refractivity contribution in [1.29, 1.82) is 0 Å². The lowest BCUT2D eigenvalue weighted by Gasteiger charge is -2.25. The maximum Gasteiger partial charge on any atom is 0.303 e. The van der Waals surface area contributed by atoms with Gasteiger partial charge in [-0.3, -0.25) is 4.79 Å². The summed E-state index contributed by atoms with van der Waals surface area (Å²) in [5, 5.41) is 0. The van der Waals surface area contributed by atoms with Crippen LogP contribution >= 0.6 is 0 Å². The predicted octanol–water partition coefficient (Wildman–Crippen LogP) is 2.52. The Bertz CT molecular complexity index is 408. The van der Waals surface area contributed by atoms with Crippen LogP contribution in [0.2, 0.25) is 0 Å². The van der Waals surface area contributed by atoms with E-state index in [1.807, 2.05) is 20.8 Å². The molecule has 0 aliphatic heterocycles. The number of carbonyl (C=O) groups is 1. The number of rotatable bonds is 3. The molecule has 0 N–H and O–H groups in total. The van der Waals surface area contributed by atoms with Gasteiger partial charge in [0.25, 0.3) is 0 Å². The predicted molar refractivity (Wildman–Crippen MR) is 71.3 cm³/mol. The molecule has 0 amide bonds. The summed E-state index contributed by atoms with van der Waals surface area (Å²) in [4.78, 5) is 11.0. The van der Waals surface area contributed by atoms with E-state index in [0.717, 1.165) is 0 Å². The number of hydrogen-bond donors (Lipinski definition) is 0. The van der Waals surface area contributed by atoms with Crippen molar-refractivity contribution < 1.29 is 14.3 Å². The minimum atomic E-state index is -0.452. The molecule has 0 saturated carbocycles. The van der Waals surface area contributed by atoms with Gasteiger partial charge in [-0.25, -0.2) is 0 Å². The third-order valence-electron chi connectivity index (χ3n) is 1.94. The van der Waals surface area contributed by atoms with Crippen molar-refractivity contribution in [1.82, 2.24) is 0 Å². The van der Waals surface area contributed by atoms with Crippen molar-refractivity contribution in [3.63, 3.8) is 0 Å². The lowest BCUT2D eigenvalue weighted by atomic mass is 9.89.